The van der Waals surface area contributed by atoms with Gasteiger partial charge in [0.15, 0.2) is 5.82 Å². The van der Waals surface area contributed by atoms with Crippen LogP contribution in [0.25, 0.3) is 0 Å². The standard InChI is InChI=1S/C12H18FN3O2S/c13-11-6-2-8-15-12(11)19(17,18)16(9-3-7-14)10-4-1-5-10/h2,6,8,10H,1,3-5,7,9,14H2. The highest BCUT2D eigenvalue weighted by atomic mass is 32.2. The van der Waals surface area contributed by atoms with Crippen molar-refractivity contribution in [3.63, 3.8) is 0 Å². The first-order valence-corrected chi connectivity index (χ1v) is 7.84. The molecule has 2 rings (SSSR count). The molecule has 1 saturated carbocycles. The summed E-state index contributed by atoms with van der Waals surface area (Å²) < 4.78 is 40.0. The van der Waals surface area contributed by atoms with E-state index in [1.54, 1.807) is 0 Å². The molecule has 0 saturated heterocycles. The average Bonchev–Trinajstić information content (AvgIpc) is 2.32. The maximum Gasteiger partial charge on any atom is 0.263 e. The van der Waals surface area contributed by atoms with Gasteiger partial charge in [0, 0.05) is 18.8 Å². The van der Waals surface area contributed by atoms with E-state index in [0.717, 1.165) is 25.3 Å². The van der Waals surface area contributed by atoms with Crippen molar-refractivity contribution in [1.29, 1.82) is 0 Å². The van der Waals surface area contributed by atoms with Crippen LogP contribution >= 0.6 is 0 Å². The maximum absolute atomic E-state index is 13.7. The smallest absolute Gasteiger partial charge is 0.263 e. The SMILES string of the molecule is NCCCN(C1CCC1)S(=O)(=O)c1ncccc1F. The first-order valence-electron chi connectivity index (χ1n) is 6.40. The van der Waals surface area contributed by atoms with Gasteiger partial charge in [0.1, 0.15) is 0 Å². The molecule has 0 aromatic carbocycles. The molecule has 1 fully saturated rings. The van der Waals surface area contributed by atoms with Crippen molar-refractivity contribution in [2.75, 3.05) is 13.1 Å². The van der Waals surface area contributed by atoms with Gasteiger partial charge >= 0.3 is 0 Å². The number of nitrogens with zero attached hydrogens (tertiary/aromatic N) is 2. The molecule has 19 heavy (non-hydrogen) atoms. The Morgan fingerprint density at radius 1 is 1.47 bits per heavy atom. The Labute approximate surface area is 112 Å². The van der Waals surface area contributed by atoms with E-state index in [-0.39, 0.29) is 6.04 Å². The molecule has 0 bridgehead atoms. The van der Waals surface area contributed by atoms with E-state index in [0.29, 0.717) is 19.5 Å². The fraction of sp³-hybridized carbons (Fsp3) is 0.583. The molecular formula is C12H18FN3O2S. The quantitative estimate of drug-likeness (QED) is 0.850. The van der Waals surface area contributed by atoms with E-state index in [9.17, 15) is 12.8 Å². The molecule has 0 atom stereocenters. The number of hydrogen-bond donors (Lipinski definition) is 1. The van der Waals surface area contributed by atoms with Crippen molar-refractivity contribution in [3.05, 3.63) is 24.1 Å². The van der Waals surface area contributed by atoms with Crippen molar-refractivity contribution in [1.82, 2.24) is 9.29 Å². The number of halogens is 1. The first-order chi connectivity index (χ1) is 9.07. The zero-order valence-electron chi connectivity index (χ0n) is 10.6. The van der Waals surface area contributed by atoms with Crippen LogP contribution in [0.15, 0.2) is 23.4 Å². The van der Waals surface area contributed by atoms with Crippen molar-refractivity contribution in [2.24, 2.45) is 5.73 Å². The minimum absolute atomic E-state index is 0.0436. The Hall–Kier alpha value is -1.05. The van der Waals surface area contributed by atoms with Crippen molar-refractivity contribution >= 4 is 10.0 Å². The Morgan fingerprint density at radius 3 is 2.74 bits per heavy atom. The van der Waals surface area contributed by atoms with Crippen LogP contribution < -0.4 is 5.73 Å². The number of nitrogens with two attached hydrogens (primary N) is 1. The van der Waals surface area contributed by atoms with Gasteiger partial charge in [0.05, 0.1) is 0 Å². The van der Waals surface area contributed by atoms with Gasteiger partial charge in [0.2, 0.25) is 5.03 Å². The van der Waals surface area contributed by atoms with Crippen LogP contribution in [0.2, 0.25) is 0 Å². The lowest BCUT2D eigenvalue weighted by Crippen LogP contribution is -2.45. The van der Waals surface area contributed by atoms with Crippen molar-refractivity contribution in [3.8, 4) is 0 Å². The lowest BCUT2D eigenvalue weighted by molar-refractivity contribution is 0.217. The zero-order valence-corrected chi connectivity index (χ0v) is 11.4. The van der Waals surface area contributed by atoms with Gasteiger partial charge in [-0.3, -0.25) is 0 Å². The summed E-state index contributed by atoms with van der Waals surface area (Å²) in [5.74, 6) is -0.806. The van der Waals surface area contributed by atoms with E-state index in [1.165, 1.54) is 16.6 Å². The molecule has 0 aliphatic heterocycles. The monoisotopic (exact) mass is 287 g/mol. The highest BCUT2D eigenvalue weighted by molar-refractivity contribution is 7.89. The van der Waals surface area contributed by atoms with Crippen LogP contribution in [0.5, 0.6) is 0 Å². The molecule has 0 radical (unpaired) electrons. The van der Waals surface area contributed by atoms with Crippen molar-refractivity contribution in [2.45, 2.75) is 36.8 Å². The van der Waals surface area contributed by atoms with Crippen LogP contribution in [0, 0.1) is 5.82 Å². The number of rotatable bonds is 6. The summed E-state index contributed by atoms with van der Waals surface area (Å²) in [5.41, 5.74) is 5.44. The average molecular weight is 287 g/mol. The van der Waals surface area contributed by atoms with E-state index in [4.69, 9.17) is 5.73 Å². The van der Waals surface area contributed by atoms with Crippen LogP contribution in [0.1, 0.15) is 25.7 Å². The summed E-state index contributed by atoms with van der Waals surface area (Å²) in [5, 5.41) is -0.487. The predicted octanol–water partition coefficient (Wildman–Crippen LogP) is 1.11. The largest absolute Gasteiger partial charge is 0.330 e. The van der Waals surface area contributed by atoms with E-state index >= 15 is 0 Å². The summed E-state index contributed by atoms with van der Waals surface area (Å²) in [6.07, 6.45) is 4.49. The molecular weight excluding hydrogens is 269 g/mol. The van der Waals surface area contributed by atoms with E-state index < -0.39 is 20.9 Å². The Morgan fingerprint density at radius 2 is 2.21 bits per heavy atom. The van der Waals surface area contributed by atoms with Gasteiger partial charge in [-0.15, -0.1) is 0 Å². The molecule has 0 unspecified atom stereocenters. The molecule has 106 valence electrons. The summed E-state index contributed by atoms with van der Waals surface area (Å²) >= 11 is 0. The second-order valence-electron chi connectivity index (χ2n) is 4.63. The Bertz CT molecular complexity index is 532. The van der Waals surface area contributed by atoms with Gasteiger partial charge in [-0.2, -0.15) is 4.31 Å². The summed E-state index contributed by atoms with van der Waals surface area (Å²) in [4.78, 5) is 3.68. The summed E-state index contributed by atoms with van der Waals surface area (Å²) in [7, 11) is -3.87. The predicted molar refractivity (Wildman–Crippen MR) is 69.4 cm³/mol. The van der Waals surface area contributed by atoms with Crippen molar-refractivity contribution < 1.29 is 12.8 Å². The molecule has 0 amide bonds. The Balaban J connectivity index is 2.31. The molecule has 1 aromatic rings. The number of aromatic nitrogens is 1. The fourth-order valence-corrected chi connectivity index (χ4v) is 3.80. The molecule has 1 aromatic heterocycles. The first kappa shape index (κ1) is 14.4. The minimum atomic E-state index is -3.87. The second-order valence-corrected chi connectivity index (χ2v) is 6.44. The molecule has 7 heteroatoms. The zero-order chi connectivity index (χ0) is 13.9. The van der Waals surface area contributed by atoms with Crippen LogP contribution in [-0.4, -0.2) is 36.8 Å². The summed E-state index contributed by atoms with van der Waals surface area (Å²) in [6, 6.07) is 2.45. The van der Waals surface area contributed by atoms with Crippen LogP contribution in [0.3, 0.4) is 0 Å². The Kier molecular flexibility index (Phi) is 4.49. The number of sulfonamides is 1. The second kappa shape index (κ2) is 5.94. The van der Waals surface area contributed by atoms with Crippen LogP contribution in [0.4, 0.5) is 4.39 Å². The van der Waals surface area contributed by atoms with Gasteiger partial charge < -0.3 is 5.73 Å². The van der Waals surface area contributed by atoms with Crippen LogP contribution in [-0.2, 0) is 10.0 Å². The van der Waals surface area contributed by atoms with E-state index in [2.05, 4.69) is 4.98 Å². The van der Waals surface area contributed by atoms with E-state index in [1.807, 2.05) is 0 Å². The van der Waals surface area contributed by atoms with Gasteiger partial charge in [0.25, 0.3) is 10.0 Å². The van der Waals surface area contributed by atoms with Gasteiger partial charge in [-0.25, -0.2) is 17.8 Å². The molecule has 1 aliphatic rings. The third-order valence-corrected chi connectivity index (χ3v) is 5.23. The lowest BCUT2D eigenvalue weighted by atomic mass is 9.93. The number of hydrogen-bond acceptors (Lipinski definition) is 4. The minimum Gasteiger partial charge on any atom is -0.330 e. The third-order valence-electron chi connectivity index (χ3n) is 3.34. The topological polar surface area (TPSA) is 76.3 Å². The highest BCUT2D eigenvalue weighted by Gasteiger charge is 2.36. The third kappa shape index (κ3) is 2.93. The molecule has 2 N–H and O–H groups in total. The summed E-state index contributed by atoms with van der Waals surface area (Å²) in [6.45, 7) is 0.725. The normalized spacial score (nSPS) is 16.6. The molecule has 1 heterocycles. The number of pyridine rings is 1. The van der Waals surface area contributed by atoms with Gasteiger partial charge in [-0.05, 0) is 37.9 Å². The molecule has 5 nitrogen and oxygen atoms in total. The fourth-order valence-electron chi connectivity index (χ4n) is 2.09. The van der Waals surface area contributed by atoms with Gasteiger partial charge in [-0.1, -0.05) is 6.42 Å². The highest BCUT2D eigenvalue weighted by Crippen LogP contribution is 2.30. The molecule has 0 spiro atoms. The lowest BCUT2D eigenvalue weighted by Gasteiger charge is -2.36. The maximum atomic E-state index is 13.7. The molecule has 1 aliphatic carbocycles.